The zero-order valence-electron chi connectivity index (χ0n) is 11.7. The molecule has 0 spiro atoms. The lowest BCUT2D eigenvalue weighted by atomic mass is 10.1. The molecule has 0 unspecified atom stereocenters. The largest absolute Gasteiger partial charge is 0.366 e. The van der Waals surface area contributed by atoms with Crippen LogP contribution in [0.2, 0.25) is 0 Å². The summed E-state index contributed by atoms with van der Waals surface area (Å²) in [5.74, 6) is 0.645. The first-order valence-electron chi connectivity index (χ1n) is 6.20. The van der Waals surface area contributed by atoms with E-state index in [2.05, 4.69) is 20.2 Å². The molecule has 0 aliphatic carbocycles. The van der Waals surface area contributed by atoms with E-state index in [1.807, 2.05) is 24.3 Å². The van der Waals surface area contributed by atoms with Gasteiger partial charge in [-0.25, -0.2) is 13.1 Å². The van der Waals surface area contributed by atoms with Gasteiger partial charge in [-0.05, 0) is 13.8 Å². The van der Waals surface area contributed by atoms with Crippen LogP contribution in [0.25, 0.3) is 10.8 Å². The Balaban J connectivity index is 2.17. The molecule has 0 radical (unpaired) electrons. The number of benzene rings is 1. The van der Waals surface area contributed by atoms with Gasteiger partial charge < -0.3 is 5.32 Å². The van der Waals surface area contributed by atoms with Gasteiger partial charge in [0.2, 0.25) is 10.0 Å². The van der Waals surface area contributed by atoms with Gasteiger partial charge in [0.05, 0.1) is 12.5 Å². The summed E-state index contributed by atoms with van der Waals surface area (Å²) in [6.45, 7) is 4.02. The molecule has 0 aliphatic rings. The van der Waals surface area contributed by atoms with Gasteiger partial charge in [0.1, 0.15) is 0 Å². The third-order valence-corrected chi connectivity index (χ3v) is 3.65. The molecule has 0 atom stereocenters. The predicted molar refractivity (Wildman–Crippen MR) is 80.1 cm³/mol. The summed E-state index contributed by atoms with van der Waals surface area (Å²) in [5.41, 5.74) is -0.619. The maximum Gasteiger partial charge on any atom is 0.209 e. The zero-order chi connectivity index (χ0) is 14.8. The summed E-state index contributed by atoms with van der Waals surface area (Å²) in [7, 11) is -3.25. The van der Waals surface area contributed by atoms with Crippen molar-refractivity contribution in [2.45, 2.75) is 19.4 Å². The van der Waals surface area contributed by atoms with Crippen LogP contribution in [0.5, 0.6) is 0 Å². The second-order valence-electron chi connectivity index (χ2n) is 5.39. The van der Waals surface area contributed by atoms with Crippen molar-refractivity contribution in [1.82, 2.24) is 14.9 Å². The highest BCUT2D eigenvalue weighted by Gasteiger charge is 2.22. The fourth-order valence-corrected chi connectivity index (χ4v) is 3.08. The Morgan fingerprint density at radius 3 is 2.65 bits per heavy atom. The predicted octanol–water partition coefficient (Wildman–Crippen LogP) is 1.37. The maximum atomic E-state index is 11.3. The molecule has 0 amide bonds. The summed E-state index contributed by atoms with van der Waals surface area (Å²) >= 11 is 0. The molecule has 7 heteroatoms. The van der Waals surface area contributed by atoms with E-state index in [-0.39, 0.29) is 0 Å². The van der Waals surface area contributed by atoms with E-state index in [1.165, 1.54) is 0 Å². The fraction of sp³-hybridized carbons (Fsp3) is 0.385. The molecule has 2 aromatic rings. The van der Waals surface area contributed by atoms with Crippen LogP contribution in [0.1, 0.15) is 13.8 Å². The van der Waals surface area contributed by atoms with Gasteiger partial charge in [-0.2, -0.15) is 5.10 Å². The molecule has 20 heavy (non-hydrogen) atoms. The molecule has 2 N–H and O–H groups in total. The number of hydrogen-bond acceptors (Lipinski definition) is 5. The van der Waals surface area contributed by atoms with Crippen LogP contribution in [0, 0.1) is 0 Å². The minimum Gasteiger partial charge on any atom is -0.366 e. The molecule has 108 valence electrons. The minimum absolute atomic E-state index is 0.406. The van der Waals surface area contributed by atoms with E-state index in [4.69, 9.17) is 0 Å². The van der Waals surface area contributed by atoms with E-state index >= 15 is 0 Å². The molecule has 0 saturated carbocycles. The highest BCUT2D eigenvalue weighted by molar-refractivity contribution is 7.88. The normalized spacial score (nSPS) is 12.6. The average molecular weight is 294 g/mol. The lowest BCUT2D eigenvalue weighted by Gasteiger charge is -2.25. The number of anilines is 1. The van der Waals surface area contributed by atoms with Gasteiger partial charge in [-0.3, -0.25) is 0 Å². The van der Waals surface area contributed by atoms with Crippen LogP contribution >= 0.6 is 0 Å². The first-order chi connectivity index (χ1) is 9.27. The van der Waals surface area contributed by atoms with Crippen LogP contribution in [-0.2, 0) is 10.0 Å². The lowest BCUT2D eigenvalue weighted by Crippen LogP contribution is -2.47. The highest BCUT2D eigenvalue weighted by atomic mass is 32.2. The second-order valence-corrected chi connectivity index (χ2v) is 7.14. The minimum atomic E-state index is -3.25. The highest BCUT2D eigenvalue weighted by Crippen LogP contribution is 2.19. The Kier molecular flexibility index (Phi) is 3.92. The summed E-state index contributed by atoms with van der Waals surface area (Å²) < 4.78 is 25.2. The first kappa shape index (κ1) is 14.7. The van der Waals surface area contributed by atoms with Gasteiger partial charge in [0.15, 0.2) is 5.82 Å². The Hall–Kier alpha value is -1.73. The van der Waals surface area contributed by atoms with Gasteiger partial charge in [0, 0.05) is 22.9 Å². The molecule has 0 fully saturated rings. The van der Waals surface area contributed by atoms with Crippen molar-refractivity contribution in [3.8, 4) is 0 Å². The Morgan fingerprint density at radius 2 is 1.95 bits per heavy atom. The van der Waals surface area contributed by atoms with E-state index < -0.39 is 15.6 Å². The topological polar surface area (TPSA) is 84.0 Å². The Morgan fingerprint density at radius 1 is 1.25 bits per heavy atom. The van der Waals surface area contributed by atoms with E-state index in [9.17, 15) is 8.42 Å². The van der Waals surface area contributed by atoms with E-state index in [1.54, 1.807) is 20.0 Å². The maximum absolute atomic E-state index is 11.3. The number of nitrogens with one attached hydrogen (secondary N) is 2. The molecule has 0 bridgehead atoms. The number of fused-ring (bicyclic) bond motifs is 1. The number of rotatable bonds is 5. The van der Waals surface area contributed by atoms with Crippen LogP contribution in [0.3, 0.4) is 0 Å². The number of aromatic nitrogens is 2. The van der Waals surface area contributed by atoms with Crippen molar-refractivity contribution in [2.24, 2.45) is 0 Å². The molecular weight excluding hydrogens is 276 g/mol. The summed E-state index contributed by atoms with van der Waals surface area (Å²) in [6, 6.07) is 7.76. The molecule has 6 nitrogen and oxygen atoms in total. The standard InChI is InChI=1S/C13H18N4O2S/c1-13(2,17-20(3,18)19)9-14-12-11-7-5-4-6-10(11)8-15-16-12/h4-8,17H,9H2,1-3H3,(H,14,16). The van der Waals surface area contributed by atoms with Gasteiger partial charge in [-0.1, -0.05) is 24.3 Å². The smallest absolute Gasteiger partial charge is 0.209 e. The zero-order valence-corrected chi connectivity index (χ0v) is 12.5. The van der Waals surface area contributed by atoms with Crippen molar-refractivity contribution in [1.29, 1.82) is 0 Å². The molecule has 2 rings (SSSR count). The molecule has 0 saturated heterocycles. The molecule has 1 heterocycles. The number of nitrogens with zero attached hydrogens (tertiary/aromatic N) is 2. The Bertz CT molecular complexity index is 708. The number of sulfonamides is 1. The SMILES string of the molecule is CC(C)(CNc1nncc2ccccc12)NS(C)(=O)=O. The summed E-state index contributed by atoms with van der Waals surface area (Å²) in [5, 5.41) is 13.1. The van der Waals surface area contributed by atoms with Crippen molar-refractivity contribution in [3.63, 3.8) is 0 Å². The van der Waals surface area contributed by atoms with Crippen molar-refractivity contribution < 1.29 is 8.42 Å². The van der Waals surface area contributed by atoms with Crippen molar-refractivity contribution in [3.05, 3.63) is 30.5 Å². The number of hydrogen-bond donors (Lipinski definition) is 2. The van der Waals surface area contributed by atoms with E-state index in [0.717, 1.165) is 17.0 Å². The van der Waals surface area contributed by atoms with Crippen LogP contribution in [0.15, 0.2) is 30.5 Å². The van der Waals surface area contributed by atoms with E-state index in [0.29, 0.717) is 12.4 Å². The van der Waals surface area contributed by atoms with Crippen molar-refractivity contribution >= 4 is 26.6 Å². The van der Waals surface area contributed by atoms with Gasteiger partial charge >= 0.3 is 0 Å². The molecule has 1 aromatic heterocycles. The van der Waals surface area contributed by atoms with Crippen molar-refractivity contribution in [2.75, 3.05) is 18.1 Å². The summed E-state index contributed by atoms with van der Waals surface area (Å²) in [6.07, 6.45) is 2.84. The van der Waals surface area contributed by atoms with Crippen LogP contribution < -0.4 is 10.0 Å². The molecule has 0 aliphatic heterocycles. The van der Waals surface area contributed by atoms with Crippen LogP contribution in [0.4, 0.5) is 5.82 Å². The third-order valence-electron chi connectivity index (χ3n) is 2.73. The van der Waals surface area contributed by atoms with Gasteiger partial charge in [-0.15, -0.1) is 5.10 Å². The lowest BCUT2D eigenvalue weighted by molar-refractivity contribution is 0.476. The molecular formula is C13H18N4O2S. The monoisotopic (exact) mass is 294 g/mol. The third kappa shape index (κ3) is 3.88. The second kappa shape index (κ2) is 5.34. The summed E-state index contributed by atoms with van der Waals surface area (Å²) in [4.78, 5) is 0. The average Bonchev–Trinajstić information content (AvgIpc) is 2.33. The fourth-order valence-electron chi connectivity index (χ4n) is 2.00. The van der Waals surface area contributed by atoms with Gasteiger partial charge in [0.25, 0.3) is 0 Å². The van der Waals surface area contributed by atoms with Crippen LogP contribution in [-0.4, -0.2) is 37.0 Å². The first-order valence-corrected chi connectivity index (χ1v) is 8.09. The Labute approximate surface area is 118 Å². The molecule has 1 aromatic carbocycles. The quantitative estimate of drug-likeness (QED) is 0.870.